The molecule has 0 spiro atoms. The second-order valence-electron chi connectivity index (χ2n) is 6.04. The van der Waals surface area contributed by atoms with Crippen LogP contribution in [0.3, 0.4) is 0 Å². The average molecular weight is 330 g/mol. The van der Waals surface area contributed by atoms with Crippen LogP contribution in [0.4, 0.5) is 5.82 Å². The monoisotopic (exact) mass is 329 g/mol. The molecule has 0 saturated carbocycles. The third-order valence-electron chi connectivity index (χ3n) is 4.01. The number of amides is 1. The number of aryl methyl sites for hydroxylation is 2. The minimum atomic E-state index is 0.108. The van der Waals surface area contributed by atoms with Crippen molar-refractivity contribution in [2.24, 2.45) is 0 Å². The topological polar surface area (TPSA) is 36.4 Å². The minimum Gasteiger partial charge on any atom is -0.344 e. The summed E-state index contributed by atoms with van der Waals surface area (Å²) in [4.78, 5) is 20.6. The maximum atomic E-state index is 12.5. The van der Waals surface area contributed by atoms with Gasteiger partial charge in [0.25, 0.3) is 0 Å². The Kier molecular flexibility index (Phi) is 4.53. The number of halogens is 1. The van der Waals surface area contributed by atoms with E-state index in [2.05, 4.69) is 37.0 Å². The van der Waals surface area contributed by atoms with Crippen LogP contribution in [0.25, 0.3) is 0 Å². The van der Waals surface area contributed by atoms with Gasteiger partial charge in [-0.2, -0.15) is 0 Å². The zero-order valence-electron chi connectivity index (χ0n) is 13.4. The molecule has 0 radical (unpaired) electrons. The predicted octanol–water partition coefficient (Wildman–Crippen LogP) is 3.20. The van der Waals surface area contributed by atoms with Gasteiger partial charge in [0.1, 0.15) is 5.82 Å². The van der Waals surface area contributed by atoms with Gasteiger partial charge in [-0.1, -0.05) is 40.9 Å². The first-order chi connectivity index (χ1) is 11.0. The fourth-order valence-corrected chi connectivity index (χ4v) is 3.29. The molecule has 120 valence electrons. The van der Waals surface area contributed by atoms with Crippen molar-refractivity contribution >= 4 is 23.3 Å². The number of anilines is 1. The SMILES string of the molecule is Cc1cc(C)cc(CN2CCN(c3ncccc3Cl)CC2=O)c1. The molecule has 2 heterocycles. The number of aromatic nitrogens is 1. The Balaban J connectivity index is 1.69. The van der Waals surface area contributed by atoms with Crippen LogP contribution in [0.1, 0.15) is 16.7 Å². The maximum absolute atomic E-state index is 12.5. The Bertz CT molecular complexity index is 712. The van der Waals surface area contributed by atoms with Gasteiger partial charge in [0.15, 0.2) is 0 Å². The highest BCUT2D eigenvalue weighted by Crippen LogP contribution is 2.24. The number of carbonyl (C=O) groups is 1. The normalized spacial score (nSPS) is 15.2. The maximum Gasteiger partial charge on any atom is 0.242 e. The molecule has 5 heteroatoms. The standard InChI is InChI=1S/C18H20ClN3O/c1-13-8-14(2)10-15(9-13)11-21-6-7-22(12-17(21)23)18-16(19)4-3-5-20-18/h3-5,8-10H,6-7,11-12H2,1-2H3. The number of nitrogens with zero attached hydrogens (tertiary/aromatic N) is 3. The molecule has 0 unspecified atom stereocenters. The van der Waals surface area contributed by atoms with Gasteiger partial charge in [-0.05, 0) is 31.5 Å². The predicted molar refractivity (Wildman–Crippen MR) is 92.8 cm³/mol. The summed E-state index contributed by atoms with van der Waals surface area (Å²) in [5.41, 5.74) is 3.64. The molecule has 3 rings (SSSR count). The molecule has 1 saturated heterocycles. The Labute approximate surface area is 141 Å². The molecule has 0 N–H and O–H groups in total. The summed E-state index contributed by atoms with van der Waals surface area (Å²) in [5.74, 6) is 0.797. The number of hydrogen-bond acceptors (Lipinski definition) is 3. The lowest BCUT2D eigenvalue weighted by molar-refractivity contribution is -0.131. The summed E-state index contributed by atoms with van der Waals surface area (Å²) in [7, 11) is 0. The van der Waals surface area contributed by atoms with Crippen LogP contribution >= 0.6 is 11.6 Å². The molecule has 1 fully saturated rings. The highest BCUT2D eigenvalue weighted by Gasteiger charge is 2.25. The van der Waals surface area contributed by atoms with E-state index in [0.29, 0.717) is 30.5 Å². The van der Waals surface area contributed by atoms with E-state index in [9.17, 15) is 4.79 Å². The Morgan fingerprint density at radius 1 is 1.17 bits per heavy atom. The first-order valence-corrected chi connectivity index (χ1v) is 8.11. The van der Waals surface area contributed by atoms with Gasteiger partial charge >= 0.3 is 0 Å². The van der Waals surface area contributed by atoms with Crippen molar-refractivity contribution in [1.82, 2.24) is 9.88 Å². The van der Waals surface area contributed by atoms with Crippen LogP contribution < -0.4 is 4.90 Å². The van der Waals surface area contributed by atoms with Gasteiger partial charge in [-0.3, -0.25) is 4.79 Å². The van der Waals surface area contributed by atoms with Crippen molar-refractivity contribution in [2.75, 3.05) is 24.5 Å². The molecule has 23 heavy (non-hydrogen) atoms. The van der Waals surface area contributed by atoms with E-state index < -0.39 is 0 Å². The zero-order chi connectivity index (χ0) is 16.4. The summed E-state index contributed by atoms with van der Waals surface area (Å²) in [6, 6.07) is 10.0. The number of piperazine rings is 1. The van der Waals surface area contributed by atoms with E-state index in [4.69, 9.17) is 11.6 Å². The van der Waals surface area contributed by atoms with Gasteiger partial charge in [0.2, 0.25) is 5.91 Å². The molecule has 2 aromatic rings. The van der Waals surface area contributed by atoms with Crippen LogP contribution in [0, 0.1) is 13.8 Å². The van der Waals surface area contributed by atoms with Gasteiger partial charge < -0.3 is 9.80 Å². The molecule has 1 aliphatic rings. The van der Waals surface area contributed by atoms with Gasteiger partial charge in [-0.25, -0.2) is 4.98 Å². The van der Waals surface area contributed by atoms with E-state index in [1.165, 1.54) is 16.7 Å². The quantitative estimate of drug-likeness (QED) is 0.867. The minimum absolute atomic E-state index is 0.108. The van der Waals surface area contributed by atoms with Crippen LogP contribution in [0.5, 0.6) is 0 Å². The first kappa shape index (κ1) is 15.8. The lowest BCUT2D eigenvalue weighted by Gasteiger charge is -2.35. The third kappa shape index (κ3) is 3.64. The van der Waals surface area contributed by atoms with Gasteiger partial charge in [0, 0.05) is 25.8 Å². The second-order valence-corrected chi connectivity index (χ2v) is 6.45. The zero-order valence-corrected chi connectivity index (χ0v) is 14.2. The Morgan fingerprint density at radius 2 is 1.91 bits per heavy atom. The highest BCUT2D eigenvalue weighted by atomic mass is 35.5. The van der Waals surface area contributed by atoms with Crippen LogP contribution in [-0.4, -0.2) is 35.4 Å². The van der Waals surface area contributed by atoms with Crippen molar-refractivity contribution in [1.29, 1.82) is 0 Å². The Hall–Kier alpha value is -2.07. The third-order valence-corrected chi connectivity index (χ3v) is 4.31. The van der Waals surface area contributed by atoms with Crippen molar-refractivity contribution in [3.05, 3.63) is 58.2 Å². The molecular weight excluding hydrogens is 310 g/mol. The number of carbonyl (C=O) groups excluding carboxylic acids is 1. The fourth-order valence-electron chi connectivity index (χ4n) is 3.05. The van der Waals surface area contributed by atoms with Crippen LogP contribution in [0.2, 0.25) is 5.02 Å². The summed E-state index contributed by atoms with van der Waals surface area (Å²) in [6.07, 6.45) is 1.70. The first-order valence-electron chi connectivity index (χ1n) is 7.73. The van der Waals surface area contributed by atoms with Gasteiger partial charge in [0.05, 0.1) is 11.6 Å². The molecular formula is C18H20ClN3O. The van der Waals surface area contributed by atoms with E-state index in [1.807, 2.05) is 9.80 Å². The lowest BCUT2D eigenvalue weighted by Crippen LogP contribution is -2.50. The molecule has 0 aliphatic carbocycles. The van der Waals surface area contributed by atoms with E-state index in [-0.39, 0.29) is 5.91 Å². The van der Waals surface area contributed by atoms with Crippen molar-refractivity contribution < 1.29 is 4.79 Å². The Morgan fingerprint density at radius 3 is 2.57 bits per heavy atom. The summed E-state index contributed by atoms with van der Waals surface area (Å²) < 4.78 is 0. The molecule has 4 nitrogen and oxygen atoms in total. The number of benzene rings is 1. The van der Waals surface area contributed by atoms with Crippen LogP contribution in [-0.2, 0) is 11.3 Å². The molecule has 1 aromatic carbocycles. The summed E-state index contributed by atoms with van der Waals surface area (Å²) >= 11 is 6.18. The van der Waals surface area contributed by atoms with Crippen molar-refractivity contribution in [2.45, 2.75) is 20.4 Å². The molecule has 0 atom stereocenters. The second kappa shape index (κ2) is 6.59. The summed E-state index contributed by atoms with van der Waals surface area (Å²) in [6.45, 7) is 6.57. The molecule has 1 aliphatic heterocycles. The average Bonchev–Trinajstić information content (AvgIpc) is 2.49. The number of rotatable bonds is 3. The smallest absolute Gasteiger partial charge is 0.242 e. The number of pyridine rings is 1. The van der Waals surface area contributed by atoms with Crippen LogP contribution in [0.15, 0.2) is 36.5 Å². The largest absolute Gasteiger partial charge is 0.344 e. The molecule has 1 aromatic heterocycles. The van der Waals surface area contributed by atoms with Crippen molar-refractivity contribution in [3.63, 3.8) is 0 Å². The van der Waals surface area contributed by atoms with Gasteiger partial charge in [-0.15, -0.1) is 0 Å². The molecule has 1 amide bonds. The number of hydrogen-bond donors (Lipinski definition) is 0. The van der Waals surface area contributed by atoms with E-state index in [1.54, 1.807) is 18.3 Å². The van der Waals surface area contributed by atoms with E-state index >= 15 is 0 Å². The highest BCUT2D eigenvalue weighted by molar-refractivity contribution is 6.33. The fraction of sp³-hybridized carbons (Fsp3) is 0.333. The van der Waals surface area contributed by atoms with E-state index in [0.717, 1.165) is 6.54 Å². The lowest BCUT2D eigenvalue weighted by atomic mass is 10.1. The van der Waals surface area contributed by atoms with Crippen molar-refractivity contribution in [3.8, 4) is 0 Å². The summed E-state index contributed by atoms with van der Waals surface area (Å²) in [5, 5.41) is 0.586. The molecule has 0 bridgehead atoms.